The number of aliphatic imine (C=N–C) groups is 1. The molecule has 1 heterocycles. The van der Waals surface area contributed by atoms with Crippen LogP contribution in [0.3, 0.4) is 0 Å². The molecule has 1 aromatic rings. The molecule has 0 saturated carbocycles. The van der Waals surface area contributed by atoms with Crippen LogP contribution in [0.1, 0.15) is 31.6 Å². The topological polar surface area (TPSA) is 24.4 Å². The summed E-state index contributed by atoms with van der Waals surface area (Å²) in [5.41, 5.74) is 0. The number of thiophene rings is 1. The molecule has 0 amide bonds. The fraction of sp³-hybridized carbons (Fsp3) is 0.545. The molecule has 1 N–H and O–H groups in total. The summed E-state index contributed by atoms with van der Waals surface area (Å²) in [6.07, 6.45) is 2.44. The highest BCUT2D eigenvalue weighted by Crippen LogP contribution is 2.09. The van der Waals surface area contributed by atoms with Gasteiger partial charge >= 0.3 is 0 Å². The third kappa shape index (κ3) is 4.42. The molecule has 0 radical (unpaired) electrons. The largest absolute Gasteiger partial charge is 0.374 e. The average molecular weight is 210 g/mol. The Morgan fingerprint density at radius 2 is 2.43 bits per heavy atom. The first-order chi connectivity index (χ1) is 6.83. The van der Waals surface area contributed by atoms with Gasteiger partial charge < -0.3 is 5.32 Å². The lowest BCUT2D eigenvalue weighted by Gasteiger charge is -2.03. The maximum atomic E-state index is 4.45. The molecule has 2 nitrogen and oxygen atoms in total. The van der Waals surface area contributed by atoms with Gasteiger partial charge in [0.25, 0.3) is 0 Å². The summed E-state index contributed by atoms with van der Waals surface area (Å²) in [6, 6.07) is 4.18. The van der Waals surface area contributed by atoms with Crippen molar-refractivity contribution in [3.8, 4) is 0 Å². The predicted octanol–water partition coefficient (Wildman–Crippen LogP) is 3.06. The van der Waals surface area contributed by atoms with Crippen LogP contribution in [0.25, 0.3) is 0 Å². The molecule has 0 fully saturated rings. The van der Waals surface area contributed by atoms with Gasteiger partial charge in [0.15, 0.2) is 0 Å². The van der Waals surface area contributed by atoms with E-state index >= 15 is 0 Å². The van der Waals surface area contributed by atoms with Crippen molar-refractivity contribution < 1.29 is 0 Å². The number of nitrogens with one attached hydrogen (secondary N) is 1. The summed E-state index contributed by atoms with van der Waals surface area (Å²) in [5, 5.41) is 5.39. The Balaban J connectivity index is 2.23. The molecule has 3 heteroatoms. The van der Waals surface area contributed by atoms with Crippen molar-refractivity contribution in [3.05, 3.63) is 22.4 Å². The maximum absolute atomic E-state index is 4.45. The van der Waals surface area contributed by atoms with Crippen molar-refractivity contribution in [2.75, 3.05) is 6.54 Å². The quantitative estimate of drug-likeness (QED) is 0.451. The molecule has 0 spiro atoms. The van der Waals surface area contributed by atoms with E-state index in [2.05, 4.69) is 34.7 Å². The van der Waals surface area contributed by atoms with E-state index in [-0.39, 0.29) is 0 Å². The van der Waals surface area contributed by atoms with E-state index in [0.29, 0.717) is 0 Å². The van der Waals surface area contributed by atoms with Crippen LogP contribution in [0, 0.1) is 0 Å². The van der Waals surface area contributed by atoms with E-state index in [1.165, 1.54) is 17.7 Å². The van der Waals surface area contributed by atoms with Crippen molar-refractivity contribution in [1.29, 1.82) is 0 Å². The van der Waals surface area contributed by atoms with Crippen LogP contribution >= 0.6 is 11.3 Å². The highest BCUT2D eigenvalue weighted by Gasteiger charge is 1.92. The van der Waals surface area contributed by atoms with Crippen molar-refractivity contribution in [1.82, 2.24) is 5.32 Å². The van der Waals surface area contributed by atoms with E-state index < -0.39 is 0 Å². The number of unbranched alkanes of at least 4 members (excludes halogenated alkanes) is 1. The van der Waals surface area contributed by atoms with Gasteiger partial charge in [-0.2, -0.15) is 0 Å². The smallest absolute Gasteiger partial charge is 0.0936 e. The summed E-state index contributed by atoms with van der Waals surface area (Å²) >= 11 is 1.76. The highest BCUT2D eigenvalue weighted by molar-refractivity contribution is 7.09. The third-order valence-electron chi connectivity index (χ3n) is 1.96. The summed E-state index contributed by atoms with van der Waals surface area (Å²) < 4.78 is 0. The number of hydrogen-bond acceptors (Lipinski definition) is 2. The lowest BCUT2D eigenvalue weighted by atomic mass is 10.3. The standard InChI is InChI=1S/C11H18N2S/c1-3-4-7-12-10(2)13-9-11-6-5-8-14-11/h5-6,8H,3-4,7,9H2,1-2H3,(H,12,13). The van der Waals surface area contributed by atoms with Crippen LogP contribution in [0.15, 0.2) is 22.5 Å². The van der Waals surface area contributed by atoms with Gasteiger partial charge in [-0.3, -0.25) is 4.99 Å². The number of nitrogens with zero attached hydrogens (tertiary/aromatic N) is 1. The second-order valence-electron chi connectivity index (χ2n) is 3.26. The van der Waals surface area contributed by atoms with Gasteiger partial charge in [-0.15, -0.1) is 11.3 Å². The first kappa shape index (κ1) is 11.2. The average Bonchev–Trinajstić information content (AvgIpc) is 2.68. The Kier molecular flexibility index (Phi) is 5.30. The highest BCUT2D eigenvalue weighted by atomic mass is 32.1. The van der Waals surface area contributed by atoms with Crippen LogP contribution in [0.5, 0.6) is 0 Å². The maximum Gasteiger partial charge on any atom is 0.0936 e. The fourth-order valence-corrected chi connectivity index (χ4v) is 1.73. The lowest BCUT2D eigenvalue weighted by Crippen LogP contribution is -2.21. The van der Waals surface area contributed by atoms with Crippen LogP contribution in [-0.4, -0.2) is 12.4 Å². The Labute approximate surface area is 90.1 Å². The first-order valence-corrected chi connectivity index (χ1v) is 5.98. The van der Waals surface area contributed by atoms with Gasteiger partial charge in [0.2, 0.25) is 0 Å². The lowest BCUT2D eigenvalue weighted by molar-refractivity contribution is 0.750. The molecule has 0 aliphatic heterocycles. The monoisotopic (exact) mass is 210 g/mol. The molecule has 0 saturated heterocycles. The third-order valence-corrected chi connectivity index (χ3v) is 2.82. The second-order valence-corrected chi connectivity index (χ2v) is 4.29. The van der Waals surface area contributed by atoms with Gasteiger partial charge in [-0.05, 0) is 24.8 Å². The summed E-state index contributed by atoms with van der Waals surface area (Å²) in [7, 11) is 0. The minimum atomic E-state index is 0.808. The van der Waals surface area contributed by atoms with Crippen LogP contribution in [0.2, 0.25) is 0 Å². The van der Waals surface area contributed by atoms with Crippen LogP contribution in [0.4, 0.5) is 0 Å². The molecule has 78 valence electrons. The summed E-state index contributed by atoms with van der Waals surface area (Å²) in [5.74, 6) is 1.05. The van der Waals surface area contributed by atoms with Crippen molar-refractivity contribution in [2.45, 2.75) is 33.2 Å². The number of rotatable bonds is 5. The molecule has 1 rings (SSSR count). The van der Waals surface area contributed by atoms with Crippen molar-refractivity contribution in [2.24, 2.45) is 4.99 Å². The van der Waals surface area contributed by atoms with Crippen molar-refractivity contribution >= 4 is 17.2 Å². The molecule has 0 aromatic carbocycles. The van der Waals surface area contributed by atoms with E-state index in [1.807, 2.05) is 6.92 Å². The van der Waals surface area contributed by atoms with Crippen LogP contribution < -0.4 is 5.32 Å². The molecule has 0 bridgehead atoms. The fourth-order valence-electron chi connectivity index (χ4n) is 1.10. The summed E-state index contributed by atoms with van der Waals surface area (Å²) in [4.78, 5) is 5.78. The SMILES string of the molecule is CCCCNC(C)=NCc1cccs1. The minimum Gasteiger partial charge on any atom is -0.374 e. The minimum absolute atomic E-state index is 0.808. The Hall–Kier alpha value is -0.830. The molecule has 0 unspecified atom stereocenters. The number of amidine groups is 1. The second kappa shape index (κ2) is 6.60. The van der Waals surface area contributed by atoms with E-state index in [0.717, 1.165) is 18.9 Å². The molecule has 14 heavy (non-hydrogen) atoms. The zero-order valence-electron chi connectivity index (χ0n) is 8.92. The first-order valence-electron chi connectivity index (χ1n) is 5.10. The van der Waals surface area contributed by atoms with Gasteiger partial charge in [0, 0.05) is 11.4 Å². The molecule has 0 aliphatic rings. The Morgan fingerprint density at radius 1 is 1.57 bits per heavy atom. The molecule has 0 atom stereocenters. The summed E-state index contributed by atoms with van der Waals surface area (Å²) in [6.45, 7) is 6.07. The van der Waals surface area contributed by atoms with Gasteiger partial charge in [-0.1, -0.05) is 19.4 Å². The van der Waals surface area contributed by atoms with Gasteiger partial charge in [0.1, 0.15) is 0 Å². The Morgan fingerprint density at radius 3 is 3.07 bits per heavy atom. The van der Waals surface area contributed by atoms with E-state index in [1.54, 1.807) is 11.3 Å². The normalized spacial score (nSPS) is 11.7. The molecule has 0 aliphatic carbocycles. The molecular formula is C11H18N2S. The van der Waals surface area contributed by atoms with Crippen LogP contribution in [-0.2, 0) is 6.54 Å². The van der Waals surface area contributed by atoms with E-state index in [4.69, 9.17) is 0 Å². The Bertz CT molecular complexity index is 265. The van der Waals surface area contributed by atoms with E-state index in [9.17, 15) is 0 Å². The van der Waals surface area contributed by atoms with Gasteiger partial charge in [-0.25, -0.2) is 0 Å². The molecule has 1 aromatic heterocycles. The van der Waals surface area contributed by atoms with Gasteiger partial charge in [0.05, 0.1) is 12.4 Å². The zero-order chi connectivity index (χ0) is 10.2. The predicted molar refractivity (Wildman–Crippen MR) is 64.0 cm³/mol. The van der Waals surface area contributed by atoms with Crippen molar-refractivity contribution in [3.63, 3.8) is 0 Å². The molecular weight excluding hydrogens is 192 g/mol. The number of hydrogen-bond donors (Lipinski definition) is 1. The zero-order valence-corrected chi connectivity index (χ0v) is 9.73.